The van der Waals surface area contributed by atoms with Gasteiger partial charge in [-0.05, 0) is 12.3 Å². The standard InChI is InChI=1S/C6H12.CH2O3/c1-4-5-6(2)3;2-1(3)4/h4,6H,1,5H2,2-3H3;(H2,2,3,4). The highest BCUT2D eigenvalue weighted by Gasteiger charge is 1.82. The molecule has 0 unspecified atom stereocenters. The van der Waals surface area contributed by atoms with E-state index in [1.807, 2.05) is 6.08 Å². The van der Waals surface area contributed by atoms with Crippen LogP contribution in [-0.4, -0.2) is 16.4 Å². The Bertz CT molecular complexity index is 93.0. The number of hydrogen-bond acceptors (Lipinski definition) is 1. The second kappa shape index (κ2) is 8.01. The second-order valence-corrected chi connectivity index (χ2v) is 2.20. The number of rotatable bonds is 2. The molecule has 0 saturated heterocycles. The molecule has 0 atom stereocenters. The lowest BCUT2D eigenvalue weighted by atomic mass is 10.1. The van der Waals surface area contributed by atoms with Crippen LogP contribution in [0, 0.1) is 5.92 Å². The molecule has 0 rings (SSSR count). The summed E-state index contributed by atoms with van der Waals surface area (Å²) in [4.78, 5) is 8.56. The van der Waals surface area contributed by atoms with Crippen molar-refractivity contribution in [2.45, 2.75) is 20.3 Å². The summed E-state index contributed by atoms with van der Waals surface area (Å²) >= 11 is 0. The first-order valence-electron chi connectivity index (χ1n) is 3.03. The van der Waals surface area contributed by atoms with Crippen LogP contribution in [0.1, 0.15) is 20.3 Å². The van der Waals surface area contributed by atoms with E-state index in [4.69, 9.17) is 15.0 Å². The molecule has 0 radical (unpaired) electrons. The molecule has 3 nitrogen and oxygen atoms in total. The first kappa shape index (κ1) is 11.8. The van der Waals surface area contributed by atoms with Crippen LogP contribution in [-0.2, 0) is 0 Å². The van der Waals surface area contributed by atoms with Crippen LogP contribution in [0.5, 0.6) is 0 Å². The van der Waals surface area contributed by atoms with E-state index in [0.717, 1.165) is 12.3 Å². The van der Waals surface area contributed by atoms with Crippen molar-refractivity contribution in [3.63, 3.8) is 0 Å². The van der Waals surface area contributed by atoms with Crippen LogP contribution in [0.15, 0.2) is 12.7 Å². The predicted molar refractivity (Wildman–Crippen MR) is 40.3 cm³/mol. The van der Waals surface area contributed by atoms with Crippen molar-refractivity contribution in [2.24, 2.45) is 5.92 Å². The summed E-state index contributed by atoms with van der Waals surface area (Å²) in [5.74, 6) is 0.780. The zero-order valence-corrected chi connectivity index (χ0v) is 6.37. The fourth-order valence-corrected chi connectivity index (χ4v) is 0.333. The molecule has 0 bridgehead atoms. The molecule has 0 aromatic heterocycles. The monoisotopic (exact) mass is 146 g/mol. The quantitative estimate of drug-likeness (QED) is 0.588. The lowest BCUT2D eigenvalue weighted by Crippen LogP contribution is -1.81. The predicted octanol–water partition coefficient (Wildman–Crippen LogP) is 2.44. The van der Waals surface area contributed by atoms with Gasteiger partial charge in [0.15, 0.2) is 0 Å². The minimum Gasteiger partial charge on any atom is -0.450 e. The van der Waals surface area contributed by atoms with Crippen LogP contribution in [0.2, 0.25) is 0 Å². The minimum atomic E-state index is -1.83. The van der Waals surface area contributed by atoms with E-state index in [1.54, 1.807) is 0 Å². The highest BCUT2D eigenvalue weighted by molar-refractivity contribution is 5.53. The van der Waals surface area contributed by atoms with E-state index >= 15 is 0 Å². The Morgan fingerprint density at radius 1 is 1.60 bits per heavy atom. The molecule has 2 N–H and O–H groups in total. The van der Waals surface area contributed by atoms with E-state index in [9.17, 15) is 0 Å². The van der Waals surface area contributed by atoms with Crippen molar-refractivity contribution in [3.8, 4) is 0 Å². The molecule has 0 aromatic carbocycles. The molecule has 0 aliphatic rings. The number of carbonyl (C=O) groups is 1. The molecular formula is C7H14O3. The summed E-state index contributed by atoms with van der Waals surface area (Å²) in [5, 5.41) is 13.9. The molecule has 0 heterocycles. The average Bonchev–Trinajstić information content (AvgIpc) is 1.62. The van der Waals surface area contributed by atoms with Gasteiger partial charge in [-0.15, -0.1) is 6.58 Å². The lowest BCUT2D eigenvalue weighted by Gasteiger charge is -1.92. The van der Waals surface area contributed by atoms with Gasteiger partial charge in [0.25, 0.3) is 0 Å². The van der Waals surface area contributed by atoms with Crippen molar-refractivity contribution >= 4 is 6.16 Å². The Labute approximate surface area is 61.0 Å². The van der Waals surface area contributed by atoms with Gasteiger partial charge in [-0.2, -0.15) is 0 Å². The largest absolute Gasteiger partial charge is 0.503 e. The van der Waals surface area contributed by atoms with Crippen molar-refractivity contribution in [1.29, 1.82) is 0 Å². The molecule has 0 saturated carbocycles. The topological polar surface area (TPSA) is 57.5 Å². The van der Waals surface area contributed by atoms with Gasteiger partial charge in [0.2, 0.25) is 0 Å². The fourth-order valence-electron chi connectivity index (χ4n) is 0.333. The smallest absolute Gasteiger partial charge is 0.450 e. The third-order valence-electron chi connectivity index (χ3n) is 0.638. The summed E-state index contributed by atoms with van der Waals surface area (Å²) in [6.07, 6.45) is 1.25. The van der Waals surface area contributed by atoms with E-state index in [0.29, 0.717) is 0 Å². The molecule has 10 heavy (non-hydrogen) atoms. The molecule has 0 amide bonds. The van der Waals surface area contributed by atoms with Crippen LogP contribution in [0.25, 0.3) is 0 Å². The summed E-state index contributed by atoms with van der Waals surface area (Å²) in [6.45, 7) is 7.97. The van der Waals surface area contributed by atoms with Gasteiger partial charge in [-0.1, -0.05) is 19.9 Å². The Balaban J connectivity index is 0. The minimum absolute atomic E-state index is 0.780. The first-order chi connectivity index (χ1) is 4.50. The van der Waals surface area contributed by atoms with Crippen molar-refractivity contribution in [2.75, 3.05) is 0 Å². The molecule has 0 spiro atoms. The summed E-state index contributed by atoms with van der Waals surface area (Å²) in [5.41, 5.74) is 0. The highest BCUT2D eigenvalue weighted by Crippen LogP contribution is 1.96. The van der Waals surface area contributed by atoms with E-state index in [1.165, 1.54) is 0 Å². The number of hydrogen-bond donors (Lipinski definition) is 2. The van der Waals surface area contributed by atoms with E-state index in [2.05, 4.69) is 20.4 Å². The van der Waals surface area contributed by atoms with Crippen molar-refractivity contribution < 1.29 is 15.0 Å². The molecule has 60 valence electrons. The summed E-state index contributed by atoms with van der Waals surface area (Å²) in [6, 6.07) is 0. The van der Waals surface area contributed by atoms with Gasteiger partial charge in [0.05, 0.1) is 0 Å². The normalized spacial score (nSPS) is 7.90. The number of carboxylic acid groups (broad SMARTS) is 2. The zero-order chi connectivity index (χ0) is 8.57. The molecular weight excluding hydrogens is 132 g/mol. The van der Waals surface area contributed by atoms with Crippen molar-refractivity contribution in [3.05, 3.63) is 12.7 Å². The Morgan fingerprint density at radius 2 is 1.90 bits per heavy atom. The molecule has 0 aliphatic heterocycles. The van der Waals surface area contributed by atoms with Gasteiger partial charge in [-0.3, -0.25) is 0 Å². The van der Waals surface area contributed by atoms with Gasteiger partial charge < -0.3 is 10.2 Å². The molecule has 0 fully saturated rings. The first-order valence-corrected chi connectivity index (χ1v) is 3.03. The SMILES string of the molecule is C=CCC(C)C.O=C(O)O. The van der Waals surface area contributed by atoms with Crippen LogP contribution >= 0.6 is 0 Å². The zero-order valence-electron chi connectivity index (χ0n) is 6.37. The fraction of sp³-hybridized carbons (Fsp3) is 0.571. The lowest BCUT2D eigenvalue weighted by molar-refractivity contribution is 0.137. The van der Waals surface area contributed by atoms with Gasteiger partial charge in [-0.25, -0.2) is 4.79 Å². The van der Waals surface area contributed by atoms with Crippen molar-refractivity contribution in [1.82, 2.24) is 0 Å². The maximum Gasteiger partial charge on any atom is 0.503 e. The summed E-state index contributed by atoms with van der Waals surface area (Å²) in [7, 11) is 0. The average molecular weight is 146 g/mol. The Morgan fingerprint density at radius 3 is 1.90 bits per heavy atom. The van der Waals surface area contributed by atoms with Gasteiger partial charge in [0.1, 0.15) is 0 Å². The Hall–Kier alpha value is -0.990. The third kappa shape index (κ3) is 62.7. The highest BCUT2D eigenvalue weighted by atomic mass is 16.6. The summed E-state index contributed by atoms with van der Waals surface area (Å²) < 4.78 is 0. The van der Waals surface area contributed by atoms with E-state index in [-0.39, 0.29) is 0 Å². The Kier molecular flexibility index (Phi) is 9.42. The van der Waals surface area contributed by atoms with E-state index < -0.39 is 6.16 Å². The second-order valence-electron chi connectivity index (χ2n) is 2.20. The molecule has 0 aromatic rings. The number of allylic oxidation sites excluding steroid dienone is 1. The van der Waals surface area contributed by atoms with Crippen LogP contribution in [0.4, 0.5) is 4.79 Å². The van der Waals surface area contributed by atoms with Gasteiger partial charge in [0, 0.05) is 0 Å². The molecule has 3 heteroatoms. The third-order valence-corrected chi connectivity index (χ3v) is 0.638. The maximum absolute atomic E-state index is 8.56. The maximum atomic E-state index is 8.56. The van der Waals surface area contributed by atoms with Gasteiger partial charge >= 0.3 is 6.16 Å². The van der Waals surface area contributed by atoms with Crippen LogP contribution < -0.4 is 0 Å². The van der Waals surface area contributed by atoms with Crippen LogP contribution in [0.3, 0.4) is 0 Å². The molecule has 0 aliphatic carbocycles.